The second-order valence-corrected chi connectivity index (χ2v) is 22.8. The SMILES string of the molecule is CC1=C(CC[C@@H](C)CO[C@@H]2O[C@H](CO)[C@@H](O)[C@H](O)[C@H]2O)O[C@H]2C[C@H]3[C@@H]4CC(=O)[C@H]5C[C@@H](O[C@@H]6O[C@H](CO[C@H]7OC[C@@H](O)[C@@H](O)[C@H]7O)[C@@H](O[C@@H]7OC[C@@H](O)[C@H](O)[C@@H]7O)[C@H](O)[C@H]6O)CC[C@]5(C)[C@H]4CC[C@]3(C)[C@@H]12. The lowest BCUT2D eigenvalue weighted by atomic mass is 9.44. The van der Waals surface area contributed by atoms with E-state index < -0.39 is 137 Å². The molecule has 0 bridgehead atoms. The van der Waals surface area contributed by atoms with Gasteiger partial charge in [0, 0.05) is 24.7 Å². The summed E-state index contributed by atoms with van der Waals surface area (Å²) in [7, 11) is 0. The lowest BCUT2D eigenvalue weighted by molar-refractivity contribution is -0.361. The Balaban J connectivity index is 0.816. The molecule has 0 spiro atoms. The van der Waals surface area contributed by atoms with Crippen LogP contribution in [0.4, 0.5) is 0 Å². The lowest BCUT2D eigenvalue weighted by Gasteiger charge is -2.60. The van der Waals surface area contributed by atoms with E-state index in [4.69, 9.17) is 42.6 Å². The fourth-order valence-electron chi connectivity index (χ4n) is 14.3. The Hall–Kier alpha value is -1.59. The molecule has 0 unspecified atom stereocenters. The van der Waals surface area contributed by atoms with Crippen molar-refractivity contribution < 1.29 is 109 Å². The van der Waals surface area contributed by atoms with Gasteiger partial charge in [0.1, 0.15) is 97.3 Å². The molecule has 0 radical (unpaired) electrons. The number of rotatable bonds is 14. The number of allylic oxidation sites excluding steroid dienone is 1. The first-order chi connectivity index (χ1) is 33.7. The van der Waals surface area contributed by atoms with E-state index in [1.165, 1.54) is 5.57 Å². The molecule has 12 N–H and O–H groups in total. The van der Waals surface area contributed by atoms with Crippen LogP contribution < -0.4 is 0 Å². The normalized spacial score (nSPS) is 52.6. The van der Waals surface area contributed by atoms with Crippen molar-refractivity contribution in [2.75, 3.05) is 33.0 Å². The molecular weight excluding hydrogens is 941 g/mol. The minimum atomic E-state index is -1.74. The summed E-state index contributed by atoms with van der Waals surface area (Å²) in [6.07, 6.45) is -20.9. The summed E-state index contributed by atoms with van der Waals surface area (Å²) < 4.78 is 53.2. The van der Waals surface area contributed by atoms with Gasteiger partial charge in [-0.05, 0) is 91.9 Å². The third-order valence-corrected chi connectivity index (χ3v) is 18.5. The number of Topliss-reactive ketones (excluding diaryl/α,β-unsaturated/α-hetero) is 1. The van der Waals surface area contributed by atoms with Crippen molar-refractivity contribution in [1.29, 1.82) is 0 Å². The number of carbonyl (C=O) groups is 1. The van der Waals surface area contributed by atoms with Crippen LogP contribution in [0.5, 0.6) is 0 Å². The average Bonchev–Trinajstić information content (AvgIpc) is 3.83. The summed E-state index contributed by atoms with van der Waals surface area (Å²) in [5, 5.41) is 125. The number of carbonyl (C=O) groups excluding carboxylic acids is 1. The molecule has 4 saturated carbocycles. The van der Waals surface area contributed by atoms with E-state index in [9.17, 15) is 66.1 Å². The molecule has 9 rings (SSSR count). The molecule has 0 aromatic carbocycles. The highest BCUT2D eigenvalue weighted by Gasteiger charge is 2.66. The molecule has 22 heteroatoms. The molecule has 22 nitrogen and oxygen atoms in total. The molecule has 0 aromatic heterocycles. The van der Waals surface area contributed by atoms with Crippen LogP contribution in [0.25, 0.3) is 0 Å². The molecule has 28 atom stereocenters. The number of hydrogen-bond donors (Lipinski definition) is 12. The molecular formula is C49H78O22. The number of hydrogen-bond acceptors (Lipinski definition) is 22. The predicted molar refractivity (Wildman–Crippen MR) is 239 cm³/mol. The van der Waals surface area contributed by atoms with Gasteiger partial charge >= 0.3 is 0 Å². The van der Waals surface area contributed by atoms with Gasteiger partial charge < -0.3 is 104 Å². The van der Waals surface area contributed by atoms with Crippen molar-refractivity contribution in [3.8, 4) is 0 Å². The molecule has 0 aromatic rings. The molecule has 5 aliphatic heterocycles. The van der Waals surface area contributed by atoms with Crippen LogP contribution in [0, 0.1) is 46.3 Å². The van der Waals surface area contributed by atoms with E-state index in [2.05, 4.69) is 20.8 Å². The summed E-state index contributed by atoms with van der Waals surface area (Å²) in [6, 6.07) is 0. The van der Waals surface area contributed by atoms with E-state index >= 15 is 0 Å². The van der Waals surface area contributed by atoms with E-state index in [0.29, 0.717) is 38.0 Å². The van der Waals surface area contributed by atoms with Gasteiger partial charge in [0.2, 0.25) is 0 Å². The average molecular weight is 1020 g/mol. The predicted octanol–water partition coefficient (Wildman–Crippen LogP) is -2.55. The zero-order valence-electron chi connectivity index (χ0n) is 40.9. The van der Waals surface area contributed by atoms with Crippen LogP contribution in [0.1, 0.15) is 85.5 Å². The minimum Gasteiger partial charge on any atom is -0.494 e. The quantitative estimate of drug-likeness (QED) is 0.0797. The Kier molecular flexibility index (Phi) is 16.4. The topological polar surface area (TPSA) is 343 Å². The van der Waals surface area contributed by atoms with E-state index in [1.807, 2.05) is 6.92 Å². The monoisotopic (exact) mass is 1020 g/mol. The Labute approximate surface area is 412 Å². The third-order valence-electron chi connectivity index (χ3n) is 18.5. The summed E-state index contributed by atoms with van der Waals surface area (Å²) in [6.45, 7) is 7.28. The lowest BCUT2D eigenvalue weighted by Crippen LogP contribution is -2.64. The maximum atomic E-state index is 14.5. The number of aliphatic hydroxyl groups is 12. The number of fused-ring (bicyclic) bond motifs is 7. The Bertz CT molecular complexity index is 1880. The zero-order chi connectivity index (χ0) is 51.0. The van der Waals surface area contributed by atoms with Gasteiger partial charge in [-0.2, -0.15) is 0 Å². The Morgan fingerprint density at radius 3 is 2.01 bits per heavy atom. The van der Waals surface area contributed by atoms with Crippen molar-refractivity contribution in [2.45, 2.75) is 208 Å². The van der Waals surface area contributed by atoms with Gasteiger partial charge in [0.05, 0.1) is 44.9 Å². The highest BCUT2D eigenvalue weighted by molar-refractivity contribution is 5.83. The molecule has 9 aliphatic rings. The first-order valence-corrected chi connectivity index (χ1v) is 25.7. The van der Waals surface area contributed by atoms with Crippen LogP contribution in [-0.2, 0) is 47.4 Å². The first-order valence-electron chi connectivity index (χ1n) is 25.7. The van der Waals surface area contributed by atoms with Crippen LogP contribution in [-0.4, -0.2) is 223 Å². The van der Waals surface area contributed by atoms with Crippen LogP contribution in [0.15, 0.2) is 11.3 Å². The van der Waals surface area contributed by atoms with E-state index in [-0.39, 0.29) is 65.5 Å². The number of ketones is 1. The summed E-state index contributed by atoms with van der Waals surface area (Å²) in [5.74, 6) is 1.89. The van der Waals surface area contributed by atoms with Crippen LogP contribution in [0.3, 0.4) is 0 Å². The summed E-state index contributed by atoms with van der Waals surface area (Å²) >= 11 is 0. The molecule has 0 amide bonds. The van der Waals surface area contributed by atoms with E-state index in [0.717, 1.165) is 31.4 Å². The fraction of sp³-hybridized carbons (Fsp3) is 0.939. The molecule has 4 aliphatic carbocycles. The van der Waals surface area contributed by atoms with Crippen molar-refractivity contribution >= 4 is 5.78 Å². The first kappa shape index (κ1) is 54.2. The Morgan fingerprint density at radius 2 is 1.31 bits per heavy atom. The van der Waals surface area contributed by atoms with Crippen molar-refractivity contribution in [3.63, 3.8) is 0 Å². The van der Waals surface area contributed by atoms with Crippen LogP contribution in [0.2, 0.25) is 0 Å². The summed E-state index contributed by atoms with van der Waals surface area (Å²) in [5.41, 5.74) is 0.897. The van der Waals surface area contributed by atoms with Gasteiger partial charge in [-0.15, -0.1) is 0 Å². The molecule has 8 fully saturated rings. The highest BCUT2D eigenvalue weighted by Crippen LogP contribution is 2.69. The molecule has 71 heavy (non-hydrogen) atoms. The number of aliphatic hydroxyl groups excluding tert-OH is 12. The van der Waals surface area contributed by atoms with Gasteiger partial charge in [-0.3, -0.25) is 4.79 Å². The van der Waals surface area contributed by atoms with Crippen molar-refractivity contribution in [2.24, 2.45) is 46.3 Å². The van der Waals surface area contributed by atoms with Crippen LogP contribution >= 0.6 is 0 Å². The van der Waals surface area contributed by atoms with E-state index in [1.54, 1.807) is 0 Å². The minimum absolute atomic E-state index is 0.0141. The second-order valence-electron chi connectivity index (χ2n) is 22.8. The maximum Gasteiger partial charge on any atom is 0.186 e. The smallest absolute Gasteiger partial charge is 0.186 e. The largest absolute Gasteiger partial charge is 0.494 e. The summed E-state index contributed by atoms with van der Waals surface area (Å²) in [4.78, 5) is 14.5. The van der Waals surface area contributed by atoms with Gasteiger partial charge in [0.25, 0.3) is 0 Å². The van der Waals surface area contributed by atoms with Gasteiger partial charge in [0.15, 0.2) is 25.2 Å². The second kappa shape index (κ2) is 21.4. The molecule has 406 valence electrons. The zero-order valence-corrected chi connectivity index (χ0v) is 40.9. The van der Waals surface area contributed by atoms with Gasteiger partial charge in [-0.1, -0.05) is 20.8 Å². The standard InChI is InChI=1S/C49H78O22/c1-19(15-63-45-41(61)37(57)36(56)31(14-50)69-45)5-6-29-20(2)33-30(68-29)13-24-22-12-26(51)25-11-21(7-9-48(25,3)23(22)8-10-49(24,33)4)67-47-42(62)38(58)43(71-46-40(60)35(55)28(53)17-65-46)32(70-47)18-66-44-39(59)34(54)27(52)16-64-44/h19,21-25,27-28,30-47,50,52-62H,5-18H2,1-4H3/t19-,21+,22-,23+,24+,25-,27-,28-,30+,31-,32-,33+,34-,35+,36-,37+,38-,39-,40+,41-,42-,43-,44-,45-,46+,47-,48-,49+/m1/s1. The highest BCUT2D eigenvalue weighted by atomic mass is 16.8. The fourth-order valence-corrected chi connectivity index (χ4v) is 14.3. The molecule has 4 saturated heterocycles. The maximum absolute atomic E-state index is 14.5. The van der Waals surface area contributed by atoms with Gasteiger partial charge in [-0.25, -0.2) is 0 Å². The van der Waals surface area contributed by atoms with Crippen molar-refractivity contribution in [1.82, 2.24) is 0 Å². The third kappa shape index (κ3) is 10.0. The van der Waals surface area contributed by atoms with Crippen molar-refractivity contribution in [3.05, 3.63) is 11.3 Å². The molecule has 5 heterocycles. The number of ether oxygens (including phenoxy) is 9. The Morgan fingerprint density at radius 1 is 0.676 bits per heavy atom.